The summed E-state index contributed by atoms with van der Waals surface area (Å²) in [6, 6.07) is 4.38. The molecule has 2 bridgehead atoms. The third-order valence-electron chi connectivity index (χ3n) is 6.40. The van der Waals surface area contributed by atoms with Gasteiger partial charge in [0.2, 0.25) is 0 Å². The standard InChI is InChI=1S/C18H21NO3/c1-19-8-7-18-11-4-6-14(21-2)17(18)22-16-13(20)5-3-10(15(16)18)9-12(11)19/h3-6,11-12,14,17,20H,7-9H2,1-2H3/t11-,12+,14+,17-,18-/m0/s1. The van der Waals surface area contributed by atoms with Crippen LogP contribution < -0.4 is 4.74 Å². The Morgan fingerprint density at radius 1 is 1.36 bits per heavy atom. The summed E-state index contributed by atoms with van der Waals surface area (Å²) in [5.74, 6) is 1.42. The van der Waals surface area contributed by atoms with Gasteiger partial charge in [-0.05, 0) is 38.1 Å². The lowest BCUT2D eigenvalue weighted by atomic mass is 9.53. The highest BCUT2D eigenvalue weighted by molar-refractivity contribution is 5.61. The van der Waals surface area contributed by atoms with Gasteiger partial charge in [-0.3, -0.25) is 0 Å². The Balaban J connectivity index is 1.81. The summed E-state index contributed by atoms with van der Waals surface area (Å²) >= 11 is 0. The van der Waals surface area contributed by atoms with Gasteiger partial charge < -0.3 is 19.5 Å². The first kappa shape index (κ1) is 13.0. The normalized spacial score (nSPS) is 41.2. The van der Waals surface area contributed by atoms with Crippen LogP contribution in [0.5, 0.6) is 11.5 Å². The quantitative estimate of drug-likeness (QED) is 0.804. The first-order valence-electron chi connectivity index (χ1n) is 8.10. The monoisotopic (exact) mass is 299 g/mol. The molecule has 1 aromatic carbocycles. The van der Waals surface area contributed by atoms with E-state index in [2.05, 4.69) is 30.2 Å². The van der Waals surface area contributed by atoms with E-state index in [4.69, 9.17) is 9.47 Å². The zero-order valence-corrected chi connectivity index (χ0v) is 13.0. The van der Waals surface area contributed by atoms with Crippen LogP contribution in [0.25, 0.3) is 0 Å². The molecule has 4 aliphatic rings. The summed E-state index contributed by atoms with van der Waals surface area (Å²) < 4.78 is 12.0. The van der Waals surface area contributed by atoms with Gasteiger partial charge in [-0.2, -0.15) is 0 Å². The van der Waals surface area contributed by atoms with E-state index in [1.54, 1.807) is 13.2 Å². The SMILES string of the molecule is CO[C@@H]1C=C[C@H]2[C@H]3Cc4ccc(O)c5c4[C@@]2(CCN3C)[C@H]1O5. The zero-order chi connectivity index (χ0) is 15.1. The number of likely N-dealkylation sites (N-methyl/N-ethyl adjacent to an activating group) is 1. The molecule has 22 heavy (non-hydrogen) atoms. The third-order valence-corrected chi connectivity index (χ3v) is 6.40. The molecule has 1 aromatic rings. The number of aromatic hydroxyl groups is 1. The summed E-state index contributed by atoms with van der Waals surface area (Å²) in [5.41, 5.74) is 2.57. The first-order chi connectivity index (χ1) is 10.7. The molecule has 1 fully saturated rings. The van der Waals surface area contributed by atoms with E-state index in [1.165, 1.54) is 11.1 Å². The van der Waals surface area contributed by atoms with Crippen molar-refractivity contribution >= 4 is 0 Å². The molecule has 116 valence electrons. The second-order valence-electron chi connectivity index (χ2n) is 7.14. The molecule has 0 amide bonds. The smallest absolute Gasteiger partial charge is 0.165 e. The maximum absolute atomic E-state index is 10.3. The number of rotatable bonds is 1. The lowest BCUT2D eigenvalue weighted by molar-refractivity contribution is -0.0581. The molecule has 2 heterocycles. The number of nitrogens with zero attached hydrogens (tertiary/aromatic N) is 1. The lowest BCUT2D eigenvalue weighted by Gasteiger charge is -2.56. The Morgan fingerprint density at radius 3 is 3.05 bits per heavy atom. The fraction of sp³-hybridized carbons (Fsp3) is 0.556. The van der Waals surface area contributed by atoms with Gasteiger partial charge in [0.05, 0.1) is 0 Å². The average molecular weight is 299 g/mol. The van der Waals surface area contributed by atoms with Gasteiger partial charge in [-0.1, -0.05) is 18.2 Å². The van der Waals surface area contributed by atoms with E-state index in [-0.39, 0.29) is 23.4 Å². The molecule has 0 saturated carbocycles. The topological polar surface area (TPSA) is 41.9 Å². The summed E-state index contributed by atoms with van der Waals surface area (Å²) in [5, 5.41) is 10.3. The molecule has 1 spiro atoms. The number of phenols is 1. The highest BCUT2D eigenvalue weighted by atomic mass is 16.5. The molecule has 0 aromatic heterocycles. The van der Waals surface area contributed by atoms with Crippen molar-refractivity contribution in [2.24, 2.45) is 5.92 Å². The number of piperidine rings is 1. The van der Waals surface area contributed by atoms with Gasteiger partial charge in [0.25, 0.3) is 0 Å². The van der Waals surface area contributed by atoms with Crippen molar-refractivity contribution in [2.45, 2.75) is 36.5 Å². The van der Waals surface area contributed by atoms with Crippen molar-refractivity contribution < 1.29 is 14.6 Å². The Hall–Kier alpha value is -1.52. The zero-order valence-electron chi connectivity index (χ0n) is 13.0. The van der Waals surface area contributed by atoms with Gasteiger partial charge in [-0.25, -0.2) is 0 Å². The van der Waals surface area contributed by atoms with Crippen LogP contribution in [0.3, 0.4) is 0 Å². The van der Waals surface area contributed by atoms with Crippen molar-refractivity contribution in [3.63, 3.8) is 0 Å². The van der Waals surface area contributed by atoms with Crippen LogP contribution in [0.15, 0.2) is 24.3 Å². The van der Waals surface area contributed by atoms with Crippen molar-refractivity contribution in [3.05, 3.63) is 35.4 Å². The molecule has 2 aliphatic carbocycles. The number of hydrogen-bond acceptors (Lipinski definition) is 4. The van der Waals surface area contributed by atoms with Crippen LogP contribution in [-0.4, -0.2) is 49.0 Å². The molecule has 4 nitrogen and oxygen atoms in total. The Kier molecular flexibility index (Phi) is 2.39. The maximum atomic E-state index is 10.3. The van der Waals surface area contributed by atoms with Crippen molar-refractivity contribution in [1.29, 1.82) is 0 Å². The predicted octanol–water partition coefficient (Wildman–Crippen LogP) is 1.85. The first-order valence-corrected chi connectivity index (χ1v) is 8.10. The van der Waals surface area contributed by atoms with E-state index < -0.39 is 0 Å². The number of phenolic OH excluding ortho intramolecular Hbond substituents is 1. The average Bonchev–Trinajstić information content (AvgIpc) is 2.88. The second-order valence-corrected chi connectivity index (χ2v) is 7.14. The van der Waals surface area contributed by atoms with Crippen LogP contribution in [0.1, 0.15) is 17.5 Å². The summed E-state index contributed by atoms with van der Waals surface area (Å²) in [7, 11) is 3.97. The highest BCUT2D eigenvalue weighted by Crippen LogP contribution is 2.62. The Morgan fingerprint density at radius 2 is 2.23 bits per heavy atom. The van der Waals surface area contributed by atoms with Crippen LogP contribution in [0, 0.1) is 5.92 Å². The van der Waals surface area contributed by atoms with Gasteiger partial charge in [0.15, 0.2) is 11.5 Å². The minimum absolute atomic E-state index is 0.0222. The maximum Gasteiger partial charge on any atom is 0.165 e. The molecule has 1 saturated heterocycles. The van der Waals surface area contributed by atoms with Crippen molar-refractivity contribution in [3.8, 4) is 11.5 Å². The summed E-state index contributed by atoms with van der Waals surface area (Å²) in [6.45, 7) is 1.07. The van der Waals surface area contributed by atoms with Crippen LogP contribution in [0.4, 0.5) is 0 Å². The Labute approximate surface area is 130 Å². The molecule has 4 heteroatoms. The predicted molar refractivity (Wildman–Crippen MR) is 82.4 cm³/mol. The van der Waals surface area contributed by atoms with Crippen LogP contribution in [-0.2, 0) is 16.6 Å². The van der Waals surface area contributed by atoms with Crippen LogP contribution in [0.2, 0.25) is 0 Å². The van der Waals surface area contributed by atoms with Gasteiger partial charge >= 0.3 is 0 Å². The molecule has 1 N–H and O–H groups in total. The molecule has 0 unspecified atom stereocenters. The van der Waals surface area contributed by atoms with Crippen molar-refractivity contribution in [2.75, 3.05) is 20.7 Å². The molecule has 5 atom stereocenters. The van der Waals surface area contributed by atoms with Gasteiger partial charge in [-0.15, -0.1) is 0 Å². The number of ether oxygens (including phenoxy) is 2. The van der Waals surface area contributed by atoms with E-state index in [9.17, 15) is 5.11 Å². The lowest BCUT2D eigenvalue weighted by Crippen LogP contribution is -2.65. The fourth-order valence-electron chi connectivity index (χ4n) is 5.42. The number of hydrogen-bond donors (Lipinski definition) is 1. The minimum atomic E-state index is -0.0435. The third kappa shape index (κ3) is 1.28. The highest BCUT2D eigenvalue weighted by Gasteiger charge is 2.64. The molecular formula is C18H21NO3. The molecule has 5 rings (SSSR count). The minimum Gasteiger partial charge on any atom is -0.504 e. The number of methoxy groups -OCH3 is 1. The number of likely N-dealkylation sites (tertiary alicyclic amines) is 1. The fourth-order valence-corrected chi connectivity index (χ4v) is 5.42. The summed E-state index contributed by atoms with van der Waals surface area (Å²) in [4.78, 5) is 2.48. The second kappa shape index (κ2) is 4.06. The largest absolute Gasteiger partial charge is 0.504 e. The van der Waals surface area contributed by atoms with E-state index in [0.29, 0.717) is 17.7 Å². The van der Waals surface area contributed by atoms with E-state index >= 15 is 0 Å². The molecule has 0 radical (unpaired) electrons. The van der Waals surface area contributed by atoms with Crippen molar-refractivity contribution in [1.82, 2.24) is 4.90 Å². The molecule has 2 aliphatic heterocycles. The number of benzene rings is 1. The van der Waals surface area contributed by atoms with E-state index in [1.807, 2.05) is 0 Å². The molecular weight excluding hydrogens is 278 g/mol. The summed E-state index contributed by atoms with van der Waals surface area (Å²) in [6.07, 6.45) is 6.53. The van der Waals surface area contributed by atoms with E-state index in [0.717, 1.165) is 19.4 Å². The van der Waals surface area contributed by atoms with Gasteiger partial charge in [0.1, 0.15) is 12.2 Å². The van der Waals surface area contributed by atoms with Crippen LogP contribution >= 0.6 is 0 Å². The van der Waals surface area contributed by atoms with Gasteiger partial charge in [0, 0.05) is 30.0 Å². The Bertz CT molecular complexity index is 685.